The molecule has 0 amide bonds. The summed E-state index contributed by atoms with van der Waals surface area (Å²) in [4.78, 5) is 0. The van der Waals surface area contributed by atoms with Gasteiger partial charge in [-0.3, -0.25) is 0 Å². The molecule has 1 fully saturated rings. The molecule has 0 radical (unpaired) electrons. The molecule has 1 unspecified atom stereocenters. The quantitative estimate of drug-likeness (QED) is 0.474. The molecule has 1 saturated carbocycles. The molecule has 1 N–H and O–H groups in total. The van der Waals surface area contributed by atoms with E-state index in [0.717, 1.165) is 12.0 Å². The SMILES string of the molecule is CCCCCCCCCCNC(C)C1CCCCC1. The molecule has 1 rings (SSSR count). The van der Waals surface area contributed by atoms with E-state index in [-0.39, 0.29) is 0 Å². The van der Waals surface area contributed by atoms with Gasteiger partial charge >= 0.3 is 0 Å². The van der Waals surface area contributed by atoms with Gasteiger partial charge in [0.25, 0.3) is 0 Å². The predicted octanol–water partition coefficient (Wildman–Crippen LogP) is 5.69. The molecular weight excluding hydrogens is 230 g/mol. The van der Waals surface area contributed by atoms with Crippen LogP contribution < -0.4 is 5.32 Å². The van der Waals surface area contributed by atoms with Crippen LogP contribution in [0.3, 0.4) is 0 Å². The minimum atomic E-state index is 0.754. The predicted molar refractivity (Wildman–Crippen MR) is 86.6 cm³/mol. The lowest BCUT2D eigenvalue weighted by Crippen LogP contribution is -2.35. The van der Waals surface area contributed by atoms with Crippen LogP contribution in [0.4, 0.5) is 0 Å². The van der Waals surface area contributed by atoms with Crippen molar-refractivity contribution in [2.75, 3.05) is 6.54 Å². The molecule has 1 aliphatic carbocycles. The second kappa shape index (κ2) is 11.8. The fraction of sp³-hybridized carbons (Fsp3) is 1.00. The highest BCUT2D eigenvalue weighted by molar-refractivity contribution is 4.75. The van der Waals surface area contributed by atoms with Crippen LogP contribution in [0.15, 0.2) is 0 Å². The van der Waals surface area contributed by atoms with Crippen LogP contribution in [-0.4, -0.2) is 12.6 Å². The van der Waals surface area contributed by atoms with Crippen LogP contribution in [0, 0.1) is 5.92 Å². The number of rotatable bonds is 11. The lowest BCUT2D eigenvalue weighted by Gasteiger charge is -2.28. The van der Waals surface area contributed by atoms with Gasteiger partial charge < -0.3 is 5.32 Å². The maximum absolute atomic E-state index is 3.76. The molecule has 1 nitrogen and oxygen atoms in total. The topological polar surface area (TPSA) is 12.0 Å². The first-order valence-electron chi connectivity index (χ1n) is 9.08. The van der Waals surface area contributed by atoms with Gasteiger partial charge in [-0.05, 0) is 38.6 Å². The van der Waals surface area contributed by atoms with Crippen LogP contribution in [0.5, 0.6) is 0 Å². The van der Waals surface area contributed by atoms with Gasteiger partial charge in [-0.15, -0.1) is 0 Å². The third-order valence-corrected chi connectivity index (χ3v) is 4.85. The Morgan fingerprint density at radius 2 is 1.42 bits per heavy atom. The van der Waals surface area contributed by atoms with Crippen LogP contribution >= 0.6 is 0 Å². The summed E-state index contributed by atoms with van der Waals surface area (Å²) in [5.74, 6) is 0.961. The molecule has 0 spiro atoms. The van der Waals surface area contributed by atoms with Gasteiger partial charge in [0.2, 0.25) is 0 Å². The highest BCUT2D eigenvalue weighted by Gasteiger charge is 2.18. The number of hydrogen-bond acceptors (Lipinski definition) is 1. The Morgan fingerprint density at radius 3 is 2.05 bits per heavy atom. The average molecular weight is 268 g/mol. The van der Waals surface area contributed by atoms with Crippen LogP contribution in [0.25, 0.3) is 0 Å². The third kappa shape index (κ3) is 8.68. The summed E-state index contributed by atoms with van der Waals surface area (Å²) in [6.45, 7) is 5.94. The first-order chi connectivity index (χ1) is 9.34. The standard InChI is InChI=1S/C18H37N/c1-3-4-5-6-7-8-9-13-16-19-17(2)18-14-11-10-12-15-18/h17-19H,3-16H2,1-2H3. The molecule has 0 heterocycles. The Kier molecular flexibility index (Phi) is 10.5. The van der Waals surface area contributed by atoms with E-state index in [0.29, 0.717) is 0 Å². The summed E-state index contributed by atoms with van der Waals surface area (Å²) in [5, 5.41) is 3.76. The highest BCUT2D eigenvalue weighted by atomic mass is 14.9. The molecule has 1 aliphatic rings. The van der Waals surface area contributed by atoms with Crippen LogP contribution in [0.1, 0.15) is 97.3 Å². The molecular formula is C18H37N. The van der Waals surface area contributed by atoms with Gasteiger partial charge in [0.15, 0.2) is 0 Å². The lowest BCUT2D eigenvalue weighted by molar-refractivity contribution is 0.280. The molecule has 0 aliphatic heterocycles. The van der Waals surface area contributed by atoms with Crippen molar-refractivity contribution >= 4 is 0 Å². The Labute approximate surface area is 121 Å². The number of unbranched alkanes of at least 4 members (excludes halogenated alkanes) is 7. The van der Waals surface area contributed by atoms with Crippen molar-refractivity contribution in [1.29, 1.82) is 0 Å². The summed E-state index contributed by atoms with van der Waals surface area (Å²) in [5.41, 5.74) is 0. The van der Waals surface area contributed by atoms with Crippen LogP contribution in [0.2, 0.25) is 0 Å². The van der Waals surface area contributed by atoms with Gasteiger partial charge in [0.1, 0.15) is 0 Å². The van der Waals surface area contributed by atoms with Crippen molar-refractivity contribution in [3.05, 3.63) is 0 Å². The maximum atomic E-state index is 3.76. The van der Waals surface area contributed by atoms with E-state index in [9.17, 15) is 0 Å². The summed E-state index contributed by atoms with van der Waals surface area (Å²) in [7, 11) is 0. The average Bonchev–Trinajstić information content (AvgIpc) is 2.46. The fourth-order valence-corrected chi connectivity index (χ4v) is 3.39. The summed E-state index contributed by atoms with van der Waals surface area (Å²) in [6.07, 6.45) is 18.8. The van der Waals surface area contributed by atoms with Gasteiger partial charge in [-0.1, -0.05) is 71.1 Å². The van der Waals surface area contributed by atoms with Gasteiger partial charge in [0, 0.05) is 6.04 Å². The zero-order valence-corrected chi connectivity index (χ0v) is 13.6. The zero-order valence-electron chi connectivity index (χ0n) is 13.6. The first kappa shape index (κ1) is 17.0. The Hall–Kier alpha value is -0.0400. The van der Waals surface area contributed by atoms with E-state index in [2.05, 4.69) is 19.2 Å². The van der Waals surface area contributed by atoms with E-state index in [1.165, 1.54) is 90.0 Å². The van der Waals surface area contributed by atoms with Crippen molar-refractivity contribution in [2.45, 2.75) is 103 Å². The van der Waals surface area contributed by atoms with E-state index in [4.69, 9.17) is 0 Å². The minimum absolute atomic E-state index is 0.754. The smallest absolute Gasteiger partial charge is 0.00669 e. The molecule has 0 saturated heterocycles. The first-order valence-corrected chi connectivity index (χ1v) is 9.08. The van der Waals surface area contributed by atoms with Crippen molar-refractivity contribution < 1.29 is 0 Å². The number of hydrogen-bond donors (Lipinski definition) is 1. The molecule has 19 heavy (non-hydrogen) atoms. The lowest BCUT2D eigenvalue weighted by atomic mass is 9.84. The zero-order chi connectivity index (χ0) is 13.8. The Balaban J connectivity index is 1.84. The second-order valence-corrected chi connectivity index (χ2v) is 6.62. The van der Waals surface area contributed by atoms with E-state index in [1.54, 1.807) is 0 Å². The molecule has 0 aromatic heterocycles. The van der Waals surface area contributed by atoms with E-state index in [1.807, 2.05) is 0 Å². The molecule has 0 bridgehead atoms. The largest absolute Gasteiger partial charge is 0.314 e. The van der Waals surface area contributed by atoms with Crippen molar-refractivity contribution in [2.24, 2.45) is 5.92 Å². The fourth-order valence-electron chi connectivity index (χ4n) is 3.39. The van der Waals surface area contributed by atoms with Gasteiger partial charge in [-0.2, -0.15) is 0 Å². The second-order valence-electron chi connectivity index (χ2n) is 6.62. The molecule has 1 atom stereocenters. The van der Waals surface area contributed by atoms with Gasteiger partial charge in [-0.25, -0.2) is 0 Å². The van der Waals surface area contributed by atoms with Crippen LogP contribution in [-0.2, 0) is 0 Å². The molecule has 0 aromatic rings. The Morgan fingerprint density at radius 1 is 0.842 bits per heavy atom. The Bertz CT molecular complexity index is 184. The molecule has 114 valence electrons. The third-order valence-electron chi connectivity index (χ3n) is 4.85. The highest BCUT2D eigenvalue weighted by Crippen LogP contribution is 2.26. The molecule has 0 aromatic carbocycles. The summed E-state index contributed by atoms with van der Waals surface area (Å²) >= 11 is 0. The maximum Gasteiger partial charge on any atom is 0.00669 e. The molecule has 1 heteroatoms. The van der Waals surface area contributed by atoms with E-state index >= 15 is 0 Å². The van der Waals surface area contributed by atoms with Crippen molar-refractivity contribution in [3.8, 4) is 0 Å². The monoisotopic (exact) mass is 267 g/mol. The number of nitrogens with one attached hydrogen (secondary N) is 1. The summed E-state index contributed by atoms with van der Waals surface area (Å²) < 4.78 is 0. The normalized spacial score (nSPS) is 18.6. The van der Waals surface area contributed by atoms with Gasteiger partial charge in [0.05, 0.1) is 0 Å². The van der Waals surface area contributed by atoms with Crippen molar-refractivity contribution in [1.82, 2.24) is 5.32 Å². The van der Waals surface area contributed by atoms with Crippen molar-refractivity contribution in [3.63, 3.8) is 0 Å². The minimum Gasteiger partial charge on any atom is -0.314 e. The van der Waals surface area contributed by atoms with E-state index < -0.39 is 0 Å². The summed E-state index contributed by atoms with van der Waals surface area (Å²) in [6, 6.07) is 0.754.